The Hall–Kier alpha value is -3.84. The Morgan fingerprint density at radius 3 is 2.58 bits per heavy atom. The first-order valence-electron chi connectivity index (χ1n) is 11.1. The number of nitrogens with zero attached hydrogens (tertiary/aromatic N) is 4. The minimum atomic E-state index is -4.72. The third kappa shape index (κ3) is 4.31. The summed E-state index contributed by atoms with van der Waals surface area (Å²) in [6.45, 7) is 0.638. The maximum atomic E-state index is 14.7. The van der Waals surface area contributed by atoms with Gasteiger partial charge in [0.2, 0.25) is 0 Å². The Morgan fingerprint density at radius 1 is 1.22 bits per heavy atom. The van der Waals surface area contributed by atoms with Crippen molar-refractivity contribution in [2.24, 2.45) is 16.8 Å². The van der Waals surface area contributed by atoms with Crippen LogP contribution in [0.3, 0.4) is 0 Å². The second kappa shape index (κ2) is 8.68. The third-order valence-corrected chi connectivity index (χ3v) is 6.29. The molecule has 1 aromatic rings. The van der Waals surface area contributed by atoms with E-state index in [1.54, 1.807) is 0 Å². The van der Waals surface area contributed by atoms with Crippen LogP contribution >= 0.6 is 0 Å². The Labute approximate surface area is 200 Å². The number of amidine groups is 1. The maximum Gasteiger partial charge on any atom is 0.408 e. The lowest BCUT2D eigenvalue weighted by molar-refractivity contribution is -0.165. The monoisotopic (exact) mass is 510 g/mol. The van der Waals surface area contributed by atoms with Crippen molar-refractivity contribution < 1.29 is 36.3 Å². The van der Waals surface area contributed by atoms with Gasteiger partial charge in [0.1, 0.15) is 23.5 Å². The Morgan fingerprint density at radius 2 is 1.97 bits per heavy atom. The van der Waals surface area contributed by atoms with E-state index in [1.165, 1.54) is 11.0 Å². The fraction of sp³-hybridized carbons (Fsp3) is 0.409. The maximum absolute atomic E-state index is 14.7. The number of fused-ring (bicyclic) bond motifs is 1. The molecule has 3 aliphatic heterocycles. The molecule has 2 atom stereocenters. The van der Waals surface area contributed by atoms with Crippen LogP contribution in [0.2, 0.25) is 0 Å². The minimum Gasteiger partial charge on any atom is -0.340 e. The molecule has 0 aromatic carbocycles. The van der Waals surface area contributed by atoms with Crippen molar-refractivity contribution in [2.75, 3.05) is 18.0 Å². The van der Waals surface area contributed by atoms with Crippen LogP contribution in [0, 0.1) is 23.5 Å². The van der Waals surface area contributed by atoms with Crippen molar-refractivity contribution in [3.05, 3.63) is 47.6 Å². The van der Waals surface area contributed by atoms with E-state index < -0.39 is 64.8 Å². The predicted octanol–water partition coefficient (Wildman–Crippen LogP) is 2.37. The highest BCUT2D eigenvalue weighted by atomic mass is 19.4. The third-order valence-electron chi connectivity index (χ3n) is 6.29. The summed E-state index contributed by atoms with van der Waals surface area (Å²) in [5.74, 6) is -6.61. The average molecular weight is 510 g/mol. The lowest BCUT2D eigenvalue weighted by atomic mass is 9.87. The molecular formula is C22H19F5N6O3. The average Bonchev–Trinajstić information content (AvgIpc) is 3.56. The number of carbonyl (C=O) groups is 3. The van der Waals surface area contributed by atoms with E-state index in [4.69, 9.17) is 0 Å². The molecule has 5 rings (SSSR count). The van der Waals surface area contributed by atoms with Crippen molar-refractivity contribution in [3.8, 4) is 0 Å². The smallest absolute Gasteiger partial charge is 0.340 e. The van der Waals surface area contributed by atoms with E-state index in [-0.39, 0.29) is 37.5 Å². The normalized spacial score (nSPS) is 22.9. The number of ketones is 1. The number of amides is 3. The molecular weight excluding hydrogens is 491 g/mol. The number of carbonyl (C=O) groups excluding carboxylic acids is 3. The van der Waals surface area contributed by atoms with Crippen LogP contribution in [0.5, 0.6) is 0 Å². The Balaban J connectivity index is 1.54. The van der Waals surface area contributed by atoms with Crippen LogP contribution < -0.4 is 15.5 Å². The standard InChI is InChI=1S/C22H19F5N6O3/c23-11-7-14(24)19(29-8-11)33-9-13(20(35)31-17(10-1-2-10)22(25,26)27)16(34)12-3-4-15(30-18(12)33)32-6-5-28-21(32)36/h4,7-10,12,17H,1-3,5-6H2,(H,28,36)(H,31,35)/t12?,17-/m1/s1. The van der Waals surface area contributed by atoms with Crippen molar-refractivity contribution in [2.45, 2.75) is 31.5 Å². The number of urea groups is 1. The molecule has 1 saturated heterocycles. The van der Waals surface area contributed by atoms with Gasteiger partial charge in [-0.1, -0.05) is 0 Å². The first-order valence-corrected chi connectivity index (χ1v) is 11.1. The Kier molecular flexibility index (Phi) is 5.75. The van der Waals surface area contributed by atoms with Gasteiger partial charge in [-0.3, -0.25) is 19.4 Å². The number of allylic oxidation sites excluding steroid dienone is 1. The van der Waals surface area contributed by atoms with Gasteiger partial charge in [0, 0.05) is 25.4 Å². The molecule has 1 saturated carbocycles. The van der Waals surface area contributed by atoms with Crippen LogP contribution in [-0.4, -0.2) is 58.7 Å². The second-order valence-electron chi connectivity index (χ2n) is 8.77. The summed E-state index contributed by atoms with van der Waals surface area (Å²) >= 11 is 0. The van der Waals surface area contributed by atoms with Crippen LogP contribution in [0.1, 0.15) is 19.3 Å². The summed E-state index contributed by atoms with van der Waals surface area (Å²) < 4.78 is 68.6. The number of aromatic nitrogens is 1. The van der Waals surface area contributed by atoms with E-state index in [0.717, 1.165) is 11.1 Å². The number of alkyl halides is 3. The number of rotatable bonds is 5. The molecule has 1 aliphatic carbocycles. The van der Waals surface area contributed by atoms with E-state index in [0.29, 0.717) is 18.8 Å². The SMILES string of the molecule is O=C(N[C@H](C1CC1)C(F)(F)F)C1=CN(c2ncc(F)cc2F)C2=NC(N3CCNC3=O)=CCC2C1=O. The van der Waals surface area contributed by atoms with E-state index in [9.17, 15) is 36.3 Å². The molecule has 9 nitrogen and oxygen atoms in total. The first kappa shape index (κ1) is 23.9. The molecule has 2 N–H and O–H groups in total. The molecule has 4 heterocycles. The number of halogens is 5. The van der Waals surface area contributed by atoms with Crippen molar-refractivity contribution in [1.82, 2.24) is 20.5 Å². The Bertz CT molecular complexity index is 1240. The summed E-state index contributed by atoms with van der Waals surface area (Å²) in [5.41, 5.74) is -0.643. The summed E-state index contributed by atoms with van der Waals surface area (Å²) in [4.78, 5) is 48.5. The molecule has 190 valence electrons. The summed E-state index contributed by atoms with van der Waals surface area (Å²) in [7, 11) is 0. The van der Waals surface area contributed by atoms with Gasteiger partial charge in [-0.25, -0.2) is 23.6 Å². The first-order chi connectivity index (χ1) is 17.0. The van der Waals surface area contributed by atoms with Gasteiger partial charge < -0.3 is 10.6 Å². The highest BCUT2D eigenvalue weighted by Crippen LogP contribution is 2.40. The zero-order valence-corrected chi connectivity index (χ0v) is 18.5. The second-order valence-corrected chi connectivity index (χ2v) is 8.77. The van der Waals surface area contributed by atoms with Crippen LogP contribution in [0.15, 0.2) is 40.9 Å². The molecule has 0 bridgehead atoms. The highest BCUT2D eigenvalue weighted by molar-refractivity contribution is 6.30. The van der Waals surface area contributed by atoms with Crippen LogP contribution in [0.4, 0.5) is 32.6 Å². The number of hydrogen-bond acceptors (Lipinski definition) is 6. The number of hydrogen-bond donors (Lipinski definition) is 2. The summed E-state index contributed by atoms with van der Waals surface area (Å²) in [5, 5.41) is 4.50. The van der Waals surface area contributed by atoms with Crippen molar-refractivity contribution in [1.29, 1.82) is 0 Å². The zero-order chi connectivity index (χ0) is 25.8. The fourth-order valence-electron chi connectivity index (χ4n) is 4.36. The fourth-order valence-corrected chi connectivity index (χ4v) is 4.36. The van der Waals surface area contributed by atoms with Crippen LogP contribution in [0.25, 0.3) is 0 Å². The number of pyridine rings is 1. The number of aliphatic imine (C=N–C) groups is 1. The van der Waals surface area contributed by atoms with Gasteiger partial charge in [-0.05, 0) is 31.3 Å². The molecule has 1 unspecified atom stereocenters. The largest absolute Gasteiger partial charge is 0.408 e. The van der Waals surface area contributed by atoms with E-state index >= 15 is 0 Å². The van der Waals surface area contributed by atoms with Crippen molar-refractivity contribution >= 4 is 29.4 Å². The van der Waals surface area contributed by atoms with Gasteiger partial charge in [0.15, 0.2) is 17.4 Å². The van der Waals surface area contributed by atoms with E-state index in [2.05, 4.69) is 15.3 Å². The molecule has 0 spiro atoms. The molecule has 36 heavy (non-hydrogen) atoms. The molecule has 14 heteroatoms. The predicted molar refractivity (Wildman–Crippen MR) is 114 cm³/mol. The summed E-state index contributed by atoms with van der Waals surface area (Å²) in [6, 6.07) is -2.03. The topological polar surface area (TPSA) is 107 Å². The van der Waals surface area contributed by atoms with Gasteiger partial charge in [0.05, 0.1) is 17.7 Å². The van der Waals surface area contributed by atoms with Crippen LogP contribution in [-0.2, 0) is 9.59 Å². The van der Waals surface area contributed by atoms with Gasteiger partial charge >= 0.3 is 12.2 Å². The lowest BCUT2D eigenvalue weighted by Crippen LogP contribution is -2.51. The molecule has 2 fully saturated rings. The summed E-state index contributed by atoms with van der Waals surface area (Å²) in [6.07, 6.45) is -1.18. The van der Waals surface area contributed by atoms with Crippen molar-refractivity contribution in [3.63, 3.8) is 0 Å². The van der Waals surface area contributed by atoms with Gasteiger partial charge in [-0.15, -0.1) is 0 Å². The lowest BCUT2D eigenvalue weighted by Gasteiger charge is -2.35. The number of Topliss-reactive ketones (excluding diaryl/α,β-unsaturated/α-hetero) is 1. The molecule has 1 aromatic heterocycles. The minimum absolute atomic E-state index is 0.0635. The quantitative estimate of drug-likeness (QED) is 0.468. The molecule has 3 amide bonds. The zero-order valence-electron chi connectivity index (χ0n) is 18.5. The highest BCUT2D eigenvalue weighted by Gasteiger charge is 2.51. The molecule has 0 radical (unpaired) electrons. The number of nitrogens with one attached hydrogen (secondary N) is 2. The van der Waals surface area contributed by atoms with E-state index in [1.807, 2.05) is 5.32 Å². The van der Waals surface area contributed by atoms with Gasteiger partial charge in [-0.2, -0.15) is 13.2 Å². The number of anilines is 1. The molecule has 4 aliphatic rings. The van der Waals surface area contributed by atoms with Gasteiger partial charge in [0.25, 0.3) is 5.91 Å².